The van der Waals surface area contributed by atoms with Crippen molar-refractivity contribution in [1.29, 1.82) is 0 Å². The van der Waals surface area contributed by atoms with Gasteiger partial charge in [-0.15, -0.1) is 0 Å². The molecule has 1 amide bonds. The van der Waals surface area contributed by atoms with Gasteiger partial charge in [-0.2, -0.15) is 10.2 Å². The molecule has 7 nitrogen and oxygen atoms in total. The minimum absolute atomic E-state index is 0.157. The lowest BCUT2D eigenvalue weighted by atomic mass is 10.1. The number of carbonyl (C=O) groups excluding carboxylic acids is 1. The first-order chi connectivity index (χ1) is 15.2. The Kier molecular flexibility index (Phi) is 6.37. The quantitative estimate of drug-likeness (QED) is 0.415. The molecule has 0 spiro atoms. The van der Waals surface area contributed by atoms with E-state index in [0.29, 0.717) is 35.5 Å². The third-order valence-electron chi connectivity index (χ3n) is 5.03. The highest BCUT2D eigenvalue weighted by molar-refractivity contribution is 7.71. The van der Waals surface area contributed by atoms with E-state index in [2.05, 4.69) is 15.5 Å². The van der Waals surface area contributed by atoms with E-state index in [1.54, 1.807) is 0 Å². The van der Waals surface area contributed by atoms with Crippen LogP contribution in [0.1, 0.15) is 28.7 Å². The van der Waals surface area contributed by atoms with Gasteiger partial charge < -0.3 is 9.88 Å². The molecular weight excluding hydrogens is 408 g/mol. The highest BCUT2D eigenvalue weighted by Crippen LogP contribution is 2.22. The molecule has 2 heterocycles. The first kappa shape index (κ1) is 20.7. The van der Waals surface area contributed by atoms with Crippen LogP contribution in [0.3, 0.4) is 0 Å². The summed E-state index contributed by atoms with van der Waals surface area (Å²) in [6.07, 6.45) is 2.40. The summed E-state index contributed by atoms with van der Waals surface area (Å²) in [4.78, 5) is 13.0. The van der Waals surface area contributed by atoms with Gasteiger partial charge in [0.15, 0.2) is 4.77 Å². The van der Waals surface area contributed by atoms with E-state index in [9.17, 15) is 4.79 Å². The number of nitrogens with zero attached hydrogens (tertiary/aromatic N) is 4. The summed E-state index contributed by atoms with van der Waals surface area (Å²) in [5.74, 6) is 0.672. The number of H-pyrrole nitrogens is 1. The van der Waals surface area contributed by atoms with E-state index in [4.69, 9.17) is 17.3 Å². The Bertz CT molecular complexity index is 1210. The van der Waals surface area contributed by atoms with Gasteiger partial charge in [-0.25, -0.2) is 0 Å². The summed E-state index contributed by atoms with van der Waals surface area (Å²) >= 11 is 5.22. The molecule has 0 fully saturated rings. The molecule has 4 rings (SSSR count). The number of hydrogen-bond acceptors (Lipinski definition) is 4. The van der Waals surface area contributed by atoms with Gasteiger partial charge in [0.05, 0.1) is 12.1 Å². The summed E-state index contributed by atoms with van der Waals surface area (Å²) < 4.78 is 4.33. The molecule has 0 saturated heterocycles. The second-order valence-electron chi connectivity index (χ2n) is 7.14. The predicted molar refractivity (Wildman–Crippen MR) is 122 cm³/mol. The smallest absolute Gasteiger partial charge is 0.255 e. The fourth-order valence-electron chi connectivity index (χ4n) is 3.50. The zero-order valence-electron chi connectivity index (χ0n) is 17.3. The first-order valence-electron chi connectivity index (χ1n) is 10.2. The van der Waals surface area contributed by atoms with Crippen molar-refractivity contribution in [3.05, 3.63) is 88.6 Å². The normalized spacial score (nSPS) is 10.9. The minimum Gasteiger partial charge on any atom is -0.351 e. The van der Waals surface area contributed by atoms with Crippen LogP contribution in [0, 0.1) is 4.77 Å². The standard InChI is InChI=1S/C23H24N6OS/c1-2-29-20(25-26-23(29)31)13-14-24-22(30)19-16-28(15-17-9-5-3-6-10-17)27-21(19)18-11-7-4-8-12-18/h3-12,16H,2,13-15H2,1H3,(H,24,30)(H,26,31). The molecule has 0 radical (unpaired) electrons. The van der Waals surface area contributed by atoms with Gasteiger partial charge in [-0.05, 0) is 24.7 Å². The number of amides is 1. The van der Waals surface area contributed by atoms with Crippen molar-refractivity contribution >= 4 is 18.1 Å². The monoisotopic (exact) mass is 432 g/mol. The average Bonchev–Trinajstić information content (AvgIpc) is 3.38. The number of benzene rings is 2. The number of nitrogens with one attached hydrogen (secondary N) is 2. The van der Waals surface area contributed by atoms with Gasteiger partial charge in [0.1, 0.15) is 11.5 Å². The second kappa shape index (κ2) is 9.53. The third kappa shape index (κ3) is 4.80. The minimum atomic E-state index is -0.157. The molecule has 158 valence electrons. The number of aromatic amines is 1. The van der Waals surface area contributed by atoms with Crippen LogP contribution >= 0.6 is 12.2 Å². The highest BCUT2D eigenvalue weighted by Gasteiger charge is 2.18. The Hall–Kier alpha value is -3.52. The number of carbonyl (C=O) groups is 1. The summed E-state index contributed by atoms with van der Waals surface area (Å²) in [7, 11) is 0. The van der Waals surface area contributed by atoms with Crippen molar-refractivity contribution < 1.29 is 4.79 Å². The Morgan fingerprint density at radius 1 is 1.10 bits per heavy atom. The van der Waals surface area contributed by atoms with Crippen LogP contribution < -0.4 is 5.32 Å². The SMILES string of the molecule is CCn1c(CCNC(=O)c2cn(Cc3ccccc3)nc2-c2ccccc2)n[nH]c1=S. The fourth-order valence-corrected chi connectivity index (χ4v) is 3.78. The number of aromatic nitrogens is 5. The summed E-state index contributed by atoms with van der Waals surface area (Å²) in [6, 6.07) is 19.8. The predicted octanol–water partition coefficient (Wildman–Crippen LogP) is 3.84. The topological polar surface area (TPSA) is 80.5 Å². The summed E-state index contributed by atoms with van der Waals surface area (Å²) in [5.41, 5.74) is 3.26. The van der Waals surface area contributed by atoms with Crippen molar-refractivity contribution in [3.8, 4) is 11.3 Å². The molecule has 4 aromatic rings. The maximum absolute atomic E-state index is 13.0. The van der Waals surface area contributed by atoms with Gasteiger partial charge in [0.25, 0.3) is 5.91 Å². The Morgan fingerprint density at radius 2 is 1.81 bits per heavy atom. The molecule has 2 aromatic heterocycles. The second-order valence-corrected chi connectivity index (χ2v) is 7.52. The Labute approximate surface area is 185 Å². The maximum atomic E-state index is 13.0. The molecule has 0 aliphatic rings. The highest BCUT2D eigenvalue weighted by atomic mass is 32.1. The Morgan fingerprint density at radius 3 is 2.52 bits per heavy atom. The van der Waals surface area contributed by atoms with Gasteiger partial charge >= 0.3 is 0 Å². The molecule has 0 aliphatic carbocycles. The van der Waals surface area contributed by atoms with Gasteiger partial charge in [0.2, 0.25) is 0 Å². The van der Waals surface area contributed by atoms with Crippen molar-refractivity contribution in [2.75, 3.05) is 6.54 Å². The van der Waals surface area contributed by atoms with Gasteiger partial charge in [-0.1, -0.05) is 60.7 Å². The van der Waals surface area contributed by atoms with E-state index in [1.165, 1.54) is 0 Å². The molecule has 0 bridgehead atoms. The third-order valence-corrected chi connectivity index (χ3v) is 5.34. The van der Waals surface area contributed by atoms with Gasteiger partial charge in [-0.3, -0.25) is 14.6 Å². The molecule has 0 atom stereocenters. The van der Waals surface area contributed by atoms with E-state index in [0.717, 1.165) is 23.5 Å². The lowest BCUT2D eigenvalue weighted by Gasteiger charge is -2.06. The summed E-state index contributed by atoms with van der Waals surface area (Å²) in [6.45, 7) is 3.81. The Balaban J connectivity index is 1.53. The largest absolute Gasteiger partial charge is 0.351 e. The molecule has 0 unspecified atom stereocenters. The lowest BCUT2D eigenvalue weighted by molar-refractivity contribution is 0.0954. The maximum Gasteiger partial charge on any atom is 0.255 e. The van der Waals surface area contributed by atoms with Crippen LogP contribution in [-0.4, -0.2) is 37.0 Å². The average molecular weight is 433 g/mol. The molecule has 0 saturated carbocycles. The zero-order chi connectivity index (χ0) is 21.6. The lowest BCUT2D eigenvalue weighted by Crippen LogP contribution is -2.26. The van der Waals surface area contributed by atoms with Crippen LogP contribution in [0.2, 0.25) is 0 Å². The van der Waals surface area contributed by atoms with Crippen LogP contribution in [-0.2, 0) is 19.5 Å². The molecule has 2 N–H and O–H groups in total. The van der Waals surface area contributed by atoms with Crippen molar-refractivity contribution in [3.63, 3.8) is 0 Å². The van der Waals surface area contributed by atoms with Crippen LogP contribution in [0.25, 0.3) is 11.3 Å². The van der Waals surface area contributed by atoms with Crippen molar-refractivity contribution in [2.24, 2.45) is 0 Å². The molecule has 2 aromatic carbocycles. The number of hydrogen-bond donors (Lipinski definition) is 2. The molecule has 31 heavy (non-hydrogen) atoms. The van der Waals surface area contributed by atoms with Gasteiger partial charge in [0, 0.05) is 31.3 Å². The molecule has 8 heteroatoms. The van der Waals surface area contributed by atoms with E-state index in [-0.39, 0.29) is 5.91 Å². The van der Waals surface area contributed by atoms with Crippen LogP contribution in [0.4, 0.5) is 0 Å². The molecule has 0 aliphatic heterocycles. The van der Waals surface area contributed by atoms with Crippen molar-refractivity contribution in [1.82, 2.24) is 29.9 Å². The first-order valence-corrected chi connectivity index (χ1v) is 10.7. The van der Waals surface area contributed by atoms with E-state index >= 15 is 0 Å². The van der Waals surface area contributed by atoms with Crippen LogP contribution in [0.5, 0.6) is 0 Å². The van der Waals surface area contributed by atoms with E-state index < -0.39 is 0 Å². The fraction of sp³-hybridized carbons (Fsp3) is 0.217. The number of rotatable bonds is 8. The van der Waals surface area contributed by atoms with E-state index in [1.807, 2.05) is 83.0 Å². The van der Waals surface area contributed by atoms with Crippen LogP contribution in [0.15, 0.2) is 66.9 Å². The zero-order valence-corrected chi connectivity index (χ0v) is 18.1. The van der Waals surface area contributed by atoms with Crippen molar-refractivity contribution in [2.45, 2.75) is 26.4 Å². The molecular formula is C23H24N6OS. The summed E-state index contributed by atoms with van der Waals surface area (Å²) in [5, 5.41) is 14.8.